The van der Waals surface area contributed by atoms with Gasteiger partial charge in [-0.25, -0.2) is 0 Å². The Hall–Kier alpha value is -1.26. The summed E-state index contributed by atoms with van der Waals surface area (Å²) in [7, 11) is 0. The first kappa shape index (κ1) is 13.7. The van der Waals surface area contributed by atoms with Crippen molar-refractivity contribution in [3.8, 4) is 11.5 Å². The first-order valence-corrected chi connectivity index (χ1v) is 7.43. The Kier molecular flexibility index (Phi) is 3.85. The molecule has 1 N–H and O–H groups in total. The summed E-state index contributed by atoms with van der Waals surface area (Å²) in [5, 5.41) is 3.71. The highest BCUT2D eigenvalue weighted by Crippen LogP contribution is 2.34. The fourth-order valence-electron chi connectivity index (χ4n) is 3.17. The number of nitrogens with one attached hydrogen (secondary N) is 1. The van der Waals surface area contributed by atoms with Crippen molar-refractivity contribution >= 4 is 0 Å². The predicted octanol–water partition coefficient (Wildman–Crippen LogP) is 3.02. The molecule has 3 rings (SSSR count). The average molecular weight is 277 g/mol. The second kappa shape index (κ2) is 5.62. The van der Waals surface area contributed by atoms with Crippen LogP contribution in [0.1, 0.15) is 45.2 Å². The lowest BCUT2D eigenvalue weighted by Gasteiger charge is -2.34. The molecule has 0 bridgehead atoms. The number of ether oxygens (including phenoxy) is 3. The van der Waals surface area contributed by atoms with Crippen LogP contribution in [-0.4, -0.2) is 25.0 Å². The third kappa shape index (κ3) is 2.91. The average Bonchev–Trinajstić information content (AvgIpc) is 2.84. The second-order valence-electron chi connectivity index (χ2n) is 5.93. The van der Waals surface area contributed by atoms with Crippen molar-refractivity contribution in [1.82, 2.24) is 5.32 Å². The van der Waals surface area contributed by atoms with Crippen molar-refractivity contribution in [2.45, 2.75) is 57.9 Å². The van der Waals surface area contributed by atoms with E-state index in [1.54, 1.807) is 0 Å². The molecule has 20 heavy (non-hydrogen) atoms. The molecular formula is C16H23NO3. The van der Waals surface area contributed by atoms with Gasteiger partial charge in [0.05, 0.1) is 12.2 Å². The molecule has 1 fully saturated rings. The molecule has 3 unspecified atom stereocenters. The molecule has 4 heteroatoms. The van der Waals surface area contributed by atoms with E-state index in [0.717, 1.165) is 24.3 Å². The molecule has 0 saturated carbocycles. The van der Waals surface area contributed by atoms with Gasteiger partial charge in [-0.15, -0.1) is 0 Å². The highest BCUT2D eigenvalue weighted by Gasteiger charge is 2.26. The summed E-state index contributed by atoms with van der Waals surface area (Å²) in [6, 6.07) is 6.98. The minimum absolute atomic E-state index is 0.298. The molecule has 0 spiro atoms. The molecule has 0 aromatic heterocycles. The summed E-state index contributed by atoms with van der Waals surface area (Å²) in [4.78, 5) is 0. The van der Waals surface area contributed by atoms with Crippen molar-refractivity contribution in [2.24, 2.45) is 0 Å². The smallest absolute Gasteiger partial charge is 0.231 e. The van der Waals surface area contributed by atoms with Crippen LogP contribution in [0.5, 0.6) is 11.5 Å². The Morgan fingerprint density at radius 3 is 2.55 bits per heavy atom. The minimum atomic E-state index is 0.298. The van der Waals surface area contributed by atoms with Crippen LogP contribution >= 0.6 is 0 Å². The Morgan fingerprint density at radius 1 is 1.10 bits per heavy atom. The normalized spacial score (nSPS) is 30.2. The summed E-state index contributed by atoms with van der Waals surface area (Å²) < 4.78 is 16.6. The molecule has 1 aromatic rings. The zero-order chi connectivity index (χ0) is 14.1. The van der Waals surface area contributed by atoms with E-state index >= 15 is 0 Å². The zero-order valence-electron chi connectivity index (χ0n) is 12.4. The summed E-state index contributed by atoms with van der Waals surface area (Å²) >= 11 is 0. The summed E-state index contributed by atoms with van der Waals surface area (Å²) in [5.41, 5.74) is 1.24. The van der Waals surface area contributed by atoms with Crippen molar-refractivity contribution < 1.29 is 14.2 Å². The van der Waals surface area contributed by atoms with Crippen molar-refractivity contribution in [2.75, 3.05) is 6.79 Å². The standard InChI is InChI=1S/C16H23NO3/c1-10-6-14(7-11(2)20-10)17-12(3)13-4-5-15-16(8-13)19-9-18-15/h4-5,8,10-12,14,17H,6-7,9H2,1-3H3. The second-order valence-corrected chi connectivity index (χ2v) is 5.93. The van der Waals surface area contributed by atoms with Gasteiger partial charge in [-0.2, -0.15) is 0 Å². The van der Waals surface area contributed by atoms with Crippen LogP contribution in [-0.2, 0) is 4.74 Å². The molecular weight excluding hydrogens is 254 g/mol. The topological polar surface area (TPSA) is 39.7 Å². The zero-order valence-corrected chi connectivity index (χ0v) is 12.4. The van der Waals surface area contributed by atoms with E-state index in [0.29, 0.717) is 31.1 Å². The number of benzene rings is 1. The lowest BCUT2D eigenvalue weighted by Crippen LogP contribution is -2.42. The molecule has 2 heterocycles. The third-order valence-electron chi connectivity index (χ3n) is 4.08. The van der Waals surface area contributed by atoms with Crippen LogP contribution in [0.15, 0.2) is 18.2 Å². The molecule has 0 radical (unpaired) electrons. The lowest BCUT2D eigenvalue weighted by atomic mass is 9.97. The fourth-order valence-corrected chi connectivity index (χ4v) is 3.17. The molecule has 2 aliphatic heterocycles. The van der Waals surface area contributed by atoms with E-state index in [2.05, 4.69) is 38.2 Å². The Bertz CT molecular complexity index is 467. The van der Waals surface area contributed by atoms with Crippen LogP contribution in [0.2, 0.25) is 0 Å². The Balaban J connectivity index is 1.65. The number of rotatable bonds is 3. The van der Waals surface area contributed by atoms with Gasteiger partial charge >= 0.3 is 0 Å². The van der Waals surface area contributed by atoms with Gasteiger partial charge < -0.3 is 19.5 Å². The first-order chi connectivity index (χ1) is 9.61. The predicted molar refractivity (Wildman–Crippen MR) is 77.1 cm³/mol. The van der Waals surface area contributed by atoms with Crippen LogP contribution < -0.4 is 14.8 Å². The van der Waals surface area contributed by atoms with E-state index in [1.807, 2.05) is 6.07 Å². The highest BCUT2D eigenvalue weighted by molar-refractivity contribution is 5.45. The number of fused-ring (bicyclic) bond motifs is 1. The summed E-state index contributed by atoms with van der Waals surface area (Å²) in [5.74, 6) is 1.69. The van der Waals surface area contributed by atoms with Crippen LogP contribution in [0.4, 0.5) is 0 Å². The van der Waals surface area contributed by atoms with Gasteiger partial charge in [0.2, 0.25) is 6.79 Å². The van der Waals surface area contributed by atoms with Gasteiger partial charge in [-0.3, -0.25) is 0 Å². The Labute approximate surface area is 120 Å². The first-order valence-electron chi connectivity index (χ1n) is 7.43. The summed E-state index contributed by atoms with van der Waals surface area (Å²) in [6.45, 7) is 6.82. The van der Waals surface area contributed by atoms with Crippen LogP contribution in [0.25, 0.3) is 0 Å². The quantitative estimate of drug-likeness (QED) is 0.922. The maximum Gasteiger partial charge on any atom is 0.231 e. The molecule has 0 amide bonds. The van der Waals surface area contributed by atoms with E-state index in [1.165, 1.54) is 5.56 Å². The molecule has 0 aliphatic carbocycles. The molecule has 2 aliphatic rings. The van der Waals surface area contributed by atoms with E-state index in [9.17, 15) is 0 Å². The van der Waals surface area contributed by atoms with Crippen molar-refractivity contribution in [3.05, 3.63) is 23.8 Å². The van der Waals surface area contributed by atoms with E-state index in [4.69, 9.17) is 14.2 Å². The summed E-state index contributed by atoms with van der Waals surface area (Å²) in [6.07, 6.45) is 2.80. The van der Waals surface area contributed by atoms with Crippen LogP contribution in [0.3, 0.4) is 0 Å². The number of hydrogen-bond acceptors (Lipinski definition) is 4. The SMILES string of the molecule is CC1CC(NC(C)c2ccc3c(c2)OCO3)CC(C)O1. The molecule has 1 saturated heterocycles. The lowest BCUT2D eigenvalue weighted by molar-refractivity contribution is -0.0433. The van der Waals surface area contributed by atoms with Crippen molar-refractivity contribution in [3.63, 3.8) is 0 Å². The van der Waals surface area contributed by atoms with Gasteiger partial charge in [0.25, 0.3) is 0 Å². The maximum absolute atomic E-state index is 5.79. The Morgan fingerprint density at radius 2 is 1.80 bits per heavy atom. The van der Waals surface area contributed by atoms with Gasteiger partial charge in [0.15, 0.2) is 11.5 Å². The fraction of sp³-hybridized carbons (Fsp3) is 0.625. The molecule has 1 aromatic carbocycles. The minimum Gasteiger partial charge on any atom is -0.454 e. The molecule has 3 atom stereocenters. The monoisotopic (exact) mass is 277 g/mol. The number of hydrogen-bond donors (Lipinski definition) is 1. The van der Waals surface area contributed by atoms with Crippen LogP contribution in [0, 0.1) is 0 Å². The van der Waals surface area contributed by atoms with Gasteiger partial charge in [-0.05, 0) is 51.3 Å². The van der Waals surface area contributed by atoms with Gasteiger partial charge in [0, 0.05) is 12.1 Å². The van der Waals surface area contributed by atoms with E-state index in [-0.39, 0.29) is 0 Å². The van der Waals surface area contributed by atoms with E-state index < -0.39 is 0 Å². The van der Waals surface area contributed by atoms with Gasteiger partial charge in [0.1, 0.15) is 0 Å². The molecule has 110 valence electrons. The van der Waals surface area contributed by atoms with Crippen molar-refractivity contribution in [1.29, 1.82) is 0 Å². The molecule has 4 nitrogen and oxygen atoms in total. The third-order valence-corrected chi connectivity index (χ3v) is 4.08. The maximum atomic E-state index is 5.79. The largest absolute Gasteiger partial charge is 0.454 e. The highest BCUT2D eigenvalue weighted by atomic mass is 16.7. The van der Waals surface area contributed by atoms with Gasteiger partial charge in [-0.1, -0.05) is 6.07 Å².